The van der Waals surface area contributed by atoms with E-state index >= 15 is 0 Å². The van der Waals surface area contributed by atoms with Crippen molar-refractivity contribution < 1.29 is 58.2 Å². The maximum Gasteiger partial charge on any atom is 0.410 e. The largest absolute Gasteiger partial charge is 0.458 e. The zero-order valence-electron chi connectivity index (χ0n) is 46.4. The van der Waals surface area contributed by atoms with Crippen molar-refractivity contribution in [1.29, 1.82) is 0 Å². The summed E-state index contributed by atoms with van der Waals surface area (Å²) in [4.78, 5) is 71.3. The quantitative estimate of drug-likeness (QED) is 0.0414. The number of thioether (sulfide) groups is 1. The molecule has 0 bridgehead atoms. The van der Waals surface area contributed by atoms with Crippen LogP contribution in [0.3, 0.4) is 0 Å². The molecule has 3 N–H and O–H groups in total. The summed E-state index contributed by atoms with van der Waals surface area (Å²) in [5.74, 6) is -5.36. The standard InChI is InChI=1S/C56H80N8O12S/c1-12-45-56(8)50(63(54(71)76-56)24-14-13-23-62-30-42(58-32-62)39-16-15-22-57-28-39)35(4)46(66)33(2)27-55(7,72-10)51(36(5)47(67)37(6)52(70)74-45)75-53-49(69)43(26-34(3)73-53)61(9)25-21-40-29-64(60-59-40)44(31-65)48(68)38-17-19-41(77-11)20-18-38/h15-20,22,28-30,32-37,43-45,48-51,53,65,68-69H,12-14,21,23-27,31H2,1-11H3/t33-,34-,35+,36+,37-,43+,44?,45-,48+,49-,50-,51-,53+,55-,56-/m1/s1. The van der Waals surface area contributed by atoms with E-state index in [0.717, 1.165) is 16.2 Å². The number of fused-ring (bicyclic) bond motifs is 1. The van der Waals surface area contributed by atoms with Crippen molar-refractivity contribution in [3.8, 4) is 11.3 Å². The molecule has 422 valence electrons. The number of aliphatic hydroxyl groups excluding tert-OH is 3. The molecule has 0 radical (unpaired) electrons. The fourth-order valence-electron chi connectivity index (χ4n) is 11.8. The number of cyclic esters (lactones) is 1. The van der Waals surface area contributed by atoms with Crippen LogP contribution in [-0.2, 0) is 51.0 Å². The molecular weight excluding hydrogens is 1010 g/mol. The number of carbonyl (C=O) groups is 4. The first-order valence-corrected chi connectivity index (χ1v) is 28.2. The van der Waals surface area contributed by atoms with Crippen molar-refractivity contribution >= 4 is 35.4 Å². The third-order valence-corrected chi connectivity index (χ3v) is 17.1. The van der Waals surface area contributed by atoms with E-state index in [2.05, 4.69) is 20.3 Å². The number of benzene rings is 1. The van der Waals surface area contributed by atoms with Crippen LogP contribution in [0.5, 0.6) is 0 Å². The molecule has 1 unspecified atom stereocenters. The van der Waals surface area contributed by atoms with Gasteiger partial charge in [-0.15, -0.1) is 16.9 Å². The summed E-state index contributed by atoms with van der Waals surface area (Å²) in [7, 11) is 3.35. The number of aromatic nitrogens is 6. The number of amides is 1. The predicted molar refractivity (Wildman–Crippen MR) is 286 cm³/mol. The van der Waals surface area contributed by atoms with Gasteiger partial charge >= 0.3 is 12.1 Å². The van der Waals surface area contributed by atoms with Crippen LogP contribution in [0.15, 0.2) is 72.4 Å². The SMILES string of the molecule is CC[C@H]1OC(=O)[C@H](C)C(=O)[C@H](C)[C@@H](O[C@@H]2O[C@H](C)C[C@H](N(C)CCc3cn(C(CO)[C@@H](O)c4ccc(SC)cc4)nn3)[C@H]2O)[C@](C)(OC)C[C@@H](C)C(=O)[C@H](C)[C@H]2N(CCCCn3cnc(-c4cccnc4)c3)C(=O)O[C@]12C. The van der Waals surface area contributed by atoms with Gasteiger partial charge in [0.25, 0.3) is 0 Å². The number of likely N-dealkylation sites (N-methyl/N-ethyl adjacent to an activating group) is 1. The Balaban J connectivity index is 1.07. The number of unbranched alkanes of at least 4 members (excludes halogenated alkanes) is 1. The van der Waals surface area contributed by atoms with Gasteiger partial charge in [0.15, 0.2) is 17.7 Å². The van der Waals surface area contributed by atoms with E-state index < -0.39 is 108 Å². The summed E-state index contributed by atoms with van der Waals surface area (Å²) in [5, 5.41) is 42.2. The maximum atomic E-state index is 15.0. The normalized spacial score (nSPS) is 31.4. The van der Waals surface area contributed by atoms with Gasteiger partial charge in [-0.3, -0.25) is 19.4 Å². The lowest BCUT2D eigenvalue weighted by atomic mass is 9.73. The first-order valence-electron chi connectivity index (χ1n) is 27.0. The summed E-state index contributed by atoms with van der Waals surface area (Å²) in [6.07, 6.45) is 6.55. The van der Waals surface area contributed by atoms with E-state index in [4.69, 9.17) is 23.7 Å². The lowest BCUT2D eigenvalue weighted by Gasteiger charge is -2.47. The lowest BCUT2D eigenvalue weighted by molar-refractivity contribution is -0.296. The number of hydrogen-bond acceptors (Lipinski definition) is 18. The van der Waals surface area contributed by atoms with E-state index in [9.17, 15) is 34.5 Å². The molecule has 1 aromatic carbocycles. The Bertz CT molecular complexity index is 2610. The number of aliphatic hydroxyl groups is 3. The molecule has 15 atom stereocenters. The van der Waals surface area contributed by atoms with Crippen molar-refractivity contribution in [1.82, 2.24) is 39.3 Å². The molecule has 20 nitrogen and oxygen atoms in total. The highest BCUT2D eigenvalue weighted by molar-refractivity contribution is 7.98. The van der Waals surface area contributed by atoms with Crippen molar-refractivity contribution in [3.05, 3.63) is 78.8 Å². The van der Waals surface area contributed by atoms with Gasteiger partial charge in [0.1, 0.15) is 36.1 Å². The lowest BCUT2D eigenvalue weighted by Crippen LogP contribution is -2.60. The molecule has 3 fully saturated rings. The molecule has 3 aliphatic heterocycles. The molecule has 0 spiro atoms. The van der Waals surface area contributed by atoms with E-state index in [1.165, 1.54) is 18.7 Å². The summed E-state index contributed by atoms with van der Waals surface area (Å²) in [5.41, 5.74) is 0.140. The van der Waals surface area contributed by atoms with Crippen molar-refractivity contribution in [2.24, 2.45) is 23.7 Å². The fraction of sp³-hybridized carbons (Fsp3) is 0.643. The molecule has 3 aromatic heterocycles. The van der Waals surface area contributed by atoms with Crippen LogP contribution < -0.4 is 0 Å². The smallest absolute Gasteiger partial charge is 0.410 e. The monoisotopic (exact) mass is 1090 g/mol. The molecule has 7 rings (SSSR count). The molecule has 3 saturated heterocycles. The van der Waals surface area contributed by atoms with E-state index in [1.54, 1.807) is 76.2 Å². The van der Waals surface area contributed by atoms with Crippen LogP contribution in [0.25, 0.3) is 11.3 Å². The number of nitrogens with zero attached hydrogens (tertiary/aromatic N) is 8. The summed E-state index contributed by atoms with van der Waals surface area (Å²) < 4.78 is 35.3. The Morgan fingerprint density at radius 1 is 0.987 bits per heavy atom. The van der Waals surface area contributed by atoms with Gasteiger partial charge < -0.3 is 53.4 Å². The molecule has 4 aromatic rings. The average Bonchev–Trinajstić information content (AvgIpc) is 4.23. The molecule has 3 aliphatic rings. The third-order valence-electron chi connectivity index (χ3n) is 16.3. The minimum atomic E-state index is -1.45. The van der Waals surface area contributed by atoms with Crippen molar-refractivity contribution in [2.75, 3.05) is 40.1 Å². The summed E-state index contributed by atoms with van der Waals surface area (Å²) in [6.45, 7) is 14.8. The summed E-state index contributed by atoms with van der Waals surface area (Å²) in [6, 6.07) is 9.19. The molecule has 0 saturated carbocycles. The number of Topliss-reactive ketones (excluding diaryl/α,β-unsaturated/α-hetero) is 2. The molecule has 0 aliphatic carbocycles. The van der Waals surface area contributed by atoms with Crippen LogP contribution in [0.4, 0.5) is 4.79 Å². The molecule has 21 heteroatoms. The Labute approximate surface area is 456 Å². The number of ether oxygens (including phenoxy) is 5. The minimum Gasteiger partial charge on any atom is -0.458 e. The number of methoxy groups -OCH3 is 1. The second kappa shape index (κ2) is 25.8. The Hall–Kier alpha value is -5.13. The first kappa shape index (κ1) is 59.5. The van der Waals surface area contributed by atoms with Crippen molar-refractivity contribution in [2.45, 2.75) is 171 Å². The molecule has 6 heterocycles. The Morgan fingerprint density at radius 3 is 2.38 bits per heavy atom. The number of rotatable bonds is 19. The van der Waals surface area contributed by atoms with Gasteiger partial charge in [0, 0.05) is 92.2 Å². The number of imidazole rings is 1. The molecule has 77 heavy (non-hydrogen) atoms. The minimum absolute atomic E-state index is 0.0655. The third kappa shape index (κ3) is 13.2. The van der Waals surface area contributed by atoms with Crippen LogP contribution in [0.1, 0.15) is 111 Å². The van der Waals surface area contributed by atoms with Gasteiger partial charge in [-0.25, -0.2) is 14.5 Å². The van der Waals surface area contributed by atoms with Crippen molar-refractivity contribution in [3.63, 3.8) is 0 Å². The Morgan fingerprint density at radius 2 is 1.71 bits per heavy atom. The first-order chi connectivity index (χ1) is 36.7. The zero-order valence-corrected chi connectivity index (χ0v) is 47.2. The van der Waals surface area contributed by atoms with Gasteiger partial charge in [-0.1, -0.05) is 45.0 Å². The number of esters is 1. The molecule has 1 amide bonds. The second-order valence-corrected chi connectivity index (χ2v) is 22.6. The number of hydrogen-bond donors (Lipinski definition) is 3. The number of ketones is 2. The number of carbonyl (C=O) groups excluding carboxylic acids is 4. The van der Waals surface area contributed by atoms with Crippen LogP contribution in [-0.4, -0.2) is 172 Å². The highest BCUT2D eigenvalue weighted by Crippen LogP contribution is 2.43. The van der Waals surface area contributed by atoms with Crippen LogP contribution in [0, 0.1) is 23.7 Å². The van der Waals surface area contributed by atoms with E-state index in [1.807, 2.05) is 79.2 Å². The number of pyridine rings is 1. The van der Waals surface area contributed by atoms with E-state index in [0.29, 0.717) is 50.0 Å². The van der Waals surface area contributed by atoms with Gasteiger partial charge in [-0.05, 0) is 103 Å². The van der Waals surface area contributed by atoms with Crippen LogP contribution >= 0.6 is 11.8 Å². The Kier molecular flexibility index (Phi) is 19.9. The average molecular weight is 1090 g/mol. The van der Waals surface area contributed by atoms with Gasteiger partial charge in [0.05, 0.1) is 48.2 Å². The molecular formula is C56H80N8O12S. The van der Waals surface area contributed by atoms with Gasteiger partial charge in [0.2, 0.25) is 0 Å². The summed E-state index contributed by atoms with van der Waals surface area (Å²) >= 11 is 1.59. The predicted octanol–water partition coefficient (Wildman–Crippen LogP) is 6.12. The van der Waals surface area contributed by atoms with E-state index in [-0.39, 0.29) is 31.8 Å². The highest BCUT2D eigenvalue weighted by atomic mass is 32.2. The highest BCUT2D eigenvalue weighted by Gasteiger charge is 2.60. The topological polar surface area (TPSA) is 243 Å². The zero-order chi connectivity index (χ0) is 55.9. The second-order valence-electron chi connectivity index (χ2n) is 21.7. The van der Waals surface area contributed by atoms with Gasteiger partial charge in [-0.2, -0.15) is 0 Å². The fourth-order valence-corrected chi connectivity index (χ4v) is 12.2. The maximum absolute atomic E-state index is 15.0. The van der Waals surface area contributed by atoms with Crippen LogP contribution in [0.2, 0.25) is 0 Å². The number of aryl methyl sites for hydroxylation is 1.